The van der Waals surface area contributed by atoms with Crippen LogP contribution in [0.5, 0.6) is 5.75 Å². The Morgan fingerprint density at radius 3 is 2.23 bits per heavy atom. The predicted octanol–water partition coefficient (Wildman–Crippen LogP) is -0.613. The topological polar surface area (TPSA) is 9.23 Å². The maximum absolute atomic E-state index is 11.5. The molecule has 0 aliphatic heterocycles. The van der Waals surface area contributed by atoms with Gasteiger partial charge in [-0.05, 0) is 0 Å². The van der Waals surface area contributed by atoms with Gasteiger partial charge in [0.1, 0.15) is 0 Å². The number of hydrogen-bond donors (Lipinski definition) is 0. The molecule has 0 spiro atoms. The molecular formula is C7H4BrF3OZn. The Kier molecular flexibility index (Phi) is 7.55. The van der Waals surface area contributed by atoms with Crippen molar-refractivity contribution in [1.82, 2.24) is 0 Å². The molecule has 0 aliphatic rings. The summed E-state index contributed by atoms with van der Waals surface area (Å²) < 4.78 is 38.0. The van der Waals surface area contributed by atoms with Crippen molar-refractivity contribution in [3.63, 3.8) is 0 Å². The number of alkyl halides is 3. The Bertz CT molecular complexity index is 227. The average molecular weight is 306 g/mol. The minimum atomic E-state index is -4.63. The Hall–Kier alpha value is -0.0866. The largest absolute Gasteiger partial charge is 2.00 e. The minimum Gasteiger partial charge on any atom is -1.00 e. The van der Waals surface area contributed by atoms with E-state index in [1.54, 1.807) is 6.07 Å². The normalized spacial score (nSPS) is 9.46. The molecule has 0 amide bonds. The van der Waals surface area contributed by atoms with Crippen LogP contribution in [0, 0.1) is 6.07 Å². The fraction of sp³-hybridized carbons (Fsp3) is 0.143. The third kappa shape index (κ3) is 7.02. The van der Waals surface area contributed by atoms with E-state index in [-0.39, 0.29) is 42.2 Å². The van der Waals surface area contributed by atoms with Gasteiger partial charge >= 0.3 is 25.8 Å². The molecular weight excluding hydrogens is 302 g/mol. The van der Waals surface area contributed by atoms with E-state index in [1.165, 1.54) is 18.2 Å². The Balaban J connectivity index is 0. The van der Waals surface area contributed by atoms with Crippen molar-refractivity contribution in [2.75, 3.05) is 0 Å². The van der Waals surface area contributed by atoms with Crippen LogP contribution >= 0.6 is 0 Å². The number of rotatable bonds is 1. The van der Waals surface area contributed by atoms with Crippen LogP contribution in [-0.4, -0.2) is 6.36 Å². The predicted molar refractivity (Wildman–Crippen MR) is 32.0 cm³/mol. The standard InChI is InChI=1S/C7H4F3O.BrH.Zn/c8-7(9,10)11-6-4-2-1-3-5-6;;/h1-4H;1H;/q-1;;+2/p-1. The molecule has 1 aromatic rings. The van der Waals surface area contributed by atoms with Crippen LogP contribution in [0.25, 0.3) is 0 Å². The van der Waals surface area contributed by atoms with Crippen molar-refractivity contribution in [2.45, 2.75) is 6.36 Å². The number of hydrogen-bond acceptors (Lipinski definition) is 1. The van der Waals surface area contributed by atoms with E-state index in [4.69, 9.17) is 0 Å². The monoisotopic (exact) mass is 304 g/mol. The molecule has 0 fully saturated rings. The summed E-state index contributed by atoms with van der Waals surface area (Å²) in [4.78, 5) is 0. The molecule has 1 nitrogen and oxygen atoms in total. The van der Waals surface area contributed by atoms with Crippen LogP contribution < -0.4 is 21.7 Å². The number of para-hydroxylation sites is 1. The van der Waals surface area contributed by atoms with Gasteiger partial charge < -0.3 is 21.7 Å². The Morgan fingerprint density at radius 1 is 1.23 bits per heavy atom. The summed E-state index contributed by atoms with van der Waals surface area (Å²) in [6.07, 6.45) is -4.63. The van der Waals surface area contributed by atoms with E-state index in [0.29, 0.717) is 0 Å². The zero-order valence-corrected chi connectivity index (χ0v) is 11.0. The van der Waals surface area contributed by atoms with Gasteiger partial charge in [-0.25, -0.2) is 0 Å². The first-order chi connectivity index (χ1) is 5.08. The van der Waals surface area contributed by atoms with Gasteiger partial charge in [-0.15, -0.1) is 25.3 Å². The van der Waals surface area contributed by atoms with Gasteiger partial charge in [-0.3, -0.25) is 0 Å². The smallest absolute Gasteiger partial charge is 1.00 e. The van der Waals surface area contributed by atoms with E-state index in [9.17, 15) is 13.2 Å². The summed E-state index contributed by atoms with van der Waals surface area (Å²) in [5, 5.41) is 0. The quantitative estimate of drug-likeness (QED) is 0.497. The van der Waals surface area contributed by atoms with Crippen LogP contribution in [0.4, 0.5) is 13.2 Å². The molecule has 0 saturated heterocycles. The van der Waals surface area contributed by atoms with Crippen molar-refractivity contribution in [1.29, 1.82) is 0 Å². The molecule has 1 rings (SSSR count). The second-order valence-corrected chi connectivity index (χ2v) is 1.77. The summed E-state index contributed by atoms with van der Waals surface area (Å²) in [6, 6.07) is 7.82. The summed E-state index contributed by atoms with van der Waals surface area (Å²) in [5.74, 6) is -0.319. The van der Waals surface area contributed by atoms with Crippen LogP contribution in [0.3, 0.4) is 0 Å². The van der Waals surface area contributed by atoms with Gasteiger partial charge in [0.15, 0.2) is 0 Å². The van der Waals surface area contributed by atoms with Crippen molar-refractivity contribution < 1.29 is 54.4 Å². The van der Waals surface area contributed by atoms with Gasteiger partial charge in [-0.2, -0.15) is 18.2 Å². The van der Waals surface area contributed by atoms with Gasteiger partial charge in [0.25, 0.3) is 0 Å². The van der Waals surface area contributed by atoms with E-state index < -0.39 is 6.36 Å². The van der Waals surface area contributed by atoms with Crippen LogP contribution in [0.1, 0.15) is 0 Å². The van der Waals surface area contributed by atoms with Gasteiger partial charge in [-0.1, -0.05) is 0 Å². The third-order valence-corrected chi connectivity index (χ3v) is 0.906. The van der Waals surface area contributed by atoms with E-state index in [2.05, 4.69) is 10.8 Å². The second kappa shape index (κ2) is 6.38. The zero-order valence-electron chi connectivity index (χ0n) is 6.44. The molecule has 13 heavy (non-hydrogen) atoms. The molecule has 0 atom stereocenters. The van der Waals surface area contributed by atoms with Crippen molar-refractivity contribution >= 4 is 0 Å². The van der Waals surface area contributed by atoms with Gasteiger partial charge in [0.2, 0.25) is 0 Å². The first-order valence-electron chi connectivity index (χ1n) is 2.80. The number of benzene rings is 1. The molecule has 6 heteroatoms. The van der Waals surface area contributed by atoms with Crippen LogP contribution in [0.2, 0.25) is 0 Å². The molecule has 0 unspecified atom stereocenters. The zero-order chi connectivity index (χ0) is 8.32. The van der Waals surface area contributed by atoms with E-state index in [0.717, 1.165) is 0 Å². The molecule has 68 valence electrons. The fourth-order valence-corrected chi connectivity index (χ4v) is 0.565. The third-order valence-electron chi connectivity index (χ3n) is 0.906. The van der Waals surface area contributed by atoms with Gasteiger partial charge in [0.05, 0.1) is 0 Å². The summed E-state index contributed by atoms with van der Waals surface area (Å²) in [5.41, 5.74) is 0. The van der Waals surface area contributed by atoms with E-state index >= 15 is 0 Å². The molecule has 0 aromatic heterocycles. The first-order valence-corrected chi connectivity index (χ1v) is 2.80. The van der Waals surface area contributed by atoms with Gasteiger partial charge in [0, 0.05) is 5.75 Å². The average Bonchev–Trinajstić information content (AvgIpc) is 1.85. The molecule has 0 aliphatic carbocycles. The maximum Gasteiger partial charge on any atom is 2.00 e. The molecule has 0 saturated carbocycles. The number of ether oxygens (including phenoxy) is 1. The summed E-state index contributed by atoms with van der Waals surface area (Å²) >= 11 is 0. The van der Waals surface area contributed by atoms with Crippen molar-refractivity contribution in [3.05, 3.63) is 30.3 Å². The summed E-state index contributed by atoms with van der Waals surface area (Å²) in [7, 11) is 0. The maximum atomic E-state index is 11.5. The first kappa shape index (κ1) is 15.4. The van der Waals surface area contributed by atoms with Crippen molar-refractivity contribution in [3.8, 4) is 5.75 Å². The fourth-order valence-electron chi connectivity index (χ4n) is 0.565. The second-order valence-electron chi connectivity index (χ2n) is 1.77. The van der Waals surface area contributed by atoms with Crippen LogP contribution in [0.15, 0.2) is 24.3 Å². The molecule has 0 radical (unpaired) electrons. The number of halogens is 4. The van der Waals surface area contributed by atoms with Crippen molar-refractivity contribution in [2.24, 2.45) is 0 Å². The molecule has 0 heterocycles. The van der Waals surface area contributed by atoms with Crippen LogP contribution in [-0.2, 0) is 19.5 Å². The SMILES string of the molecule is FC(F)(F)Oc1[c-]cccc1.[Br-].[Zn+2]. The Labute approximate surface area is 96.8 Å². The van der Waals surface area contributed by atoms with E-state index in [1.807, 2.05) is 0 Å². The minimum absolute atomic E-state index is 0. The molecule has 0 bridgehead atoms. The Morgan fingerprint density at radius 2 is 1.85 bits per heavy atom. The summed E-state index contributed by atoms with van der Waals surface area (Å²) in [6.45, 7) is 0. The molecule has 0 N–H and O–H groups in total. The molecule has 1 aromatic carbocycles.